The smallest absolute Gasteiger partial charge is 0.257 e. The number of aromatic hydroxyl groups is 1. The van der Waals surface area contributed by atoms with Gasteiger partial charge in [-0.1, -0.05) is 0 Å². The number of rotatable bonds is 4. The number of alkyl halides is 1. The summed E-state index contributed by atoms with van der Waals surface area (Å²) in [5.74, 6) is -0.167. The van der Waals surface area contributed by atoms with Crippen molar-refractivity contribution in [3.63, 3.8) is 0 Å². The van der Waals surface area contributed by atoms with Gasteiger partial charge in [-0.3, -0.25) is 4.79 Å². The van der Waals surface area contributed by atoms with Crippen molar-refractivity contribution in [2.24, 2.45) is 0 Å². The molecule has 0 radical (unpaired) electrons. The maximum Gasteiger partial charge on any atom is 0.257 e. The summed E-state index contributed by atoms with van der Waals surface area (Å²) < 4.78 is 0.919. The minimum atomic E-state index is -0.182. The number of halogens is 2. The molecule has 0 saturated heterocycles. The van der Waals surface area contributed by atoms with E-state index >= 15 is 0 Å². The molecule has 1 N–H and O–H groups in total. The summed E-state index contributed by atoms with van der Waals surface area (Å²) >= 11 is 7.95. The zero-order chi connectivity index (χ0) is 13.0. The Hall–Kier alpha value is -0.490. The number of phenolic OH excluding ortho intramolecular Hbond substituents is 1. The van der Waals surface area contributed by atoms with Crippen molar-refractivity contribution in [3.8, 4) is 5.75 Å². The van der Waals surface area contributed by atoms with Crippen LogP contribution in [0.3, 0.4) is 0 Å². The van der Waals surface area contributed by atoms with Gasteiger partial charge in [0.15, 0.2) is 0 Å². The van der Waals surface area contributed by atoms with Crippen molar-refractivity contribution < 1.29 is 9.90 Å². The van der Waals surface area contributed by atoms with Gasteiger partial charge >= 0.3 is 0 Å². The summed E-state index contributed by atoms with van der Waals surface area (Å²) in [6, 6.07) is 4.97. The number of phenols is 1. The van der Waals surface area contributed by atoms with E-state index in [1.54, 1.807) is 24.1 Å². The highest BCUT2D eigenvalue weighted by Crippen LogP contribution is 2.21. The van der Waals surface area contributed by atoms with Gasteiger partial charge in [-0.25, -0.2) is 0 Å². The Kier molecular flexibility index (Phi) is 5.52. The number of amides is 1. The van der Waals surface area contributed by atoms with Gasteiger partial charge in [0, 0.05) is 22.5 Å². The van der Waals surface area contributed by atoms with Crippen LogP contribution in [0.4, 0.5) is 0 Å². The number of carbonyl (C=O) groups excluding carboxylic acids is 1. The van der Waals surface area contributed by atoms with Crippen molar-refractivity contribution in [2.75, 3.05) is 13.6 Å². The van der Waals surface area contributed by atoms with Crippen LogP contribution in [0, 0.1) is 3.57 Å². The van der Waals surface area contributed by atoms with E-state index in [1.165, 1.54) is 6.07 Å². The van der Waals surface area contributed by atoms with Gasteiger partial charge in [0.1, 0.15) is 5.75 Å². The lowest BCUT2D eigenvalue weighted by atomic mass is 10.1. The monoisotopic (exact) mass is 367 g/mol. The molecule has 0 fully saturated rings. The largest absolute Gasteiger partial charge is 0.507 e. The summed E-state index contributed by atoms with van der Waals surface area (Å²) in [7, 11) is 1.71. The van der Waals surface area contributed by atoms with Crippen LogP contribution in [0.1, 0.15) is 23.7 Å². The molecule has 1 aromatic rings. The Bertz CT molecular complexity index is 409. The summed E-state index contributed by atoms with van der Waals surface area (Å²) in [4.78, 5) is 13.6. The third-order valence-corrected chi connectivity index (χ3v) is 3.29. The second kappa shape index (κ2) is 6.44. The van der Waals surface area contributed by atoms with E-state index in [-0.39, 0.29) is 17.0 Å². The number of benzene rings is 1. The number of hydrogen-bond donors (Lipinski definition) is 1. The molecule has 1 unspecified atom stereocenters. The lowest BCUT2D eigenvalue weighted by Crippen LogP contribution is -2.28. The van der Waals surface area contributed by atoms with Crippen LogP contribution in [-0.4, -0.2) is 34.9 Å². The van der Waals surface area contributed by atoms with E-state index in [1.807, 2.05) is 6.92 Å². The van der Waals surface area contributed by atoms with Crippen LogP contribution in [0.5, 0.6) is 5.75 Å². The fourth-order valence-corrected chi connectivity index (χ4v) is 1.95. The first-order valence-electron chi connectivity index (χ1n) is 5.30. The second-order valence-corrected chi connectivity index (χ2v) is 5.95. The molecule has 0 spiro atoms. The Morgan fingerprint density at radius 1 is 1.59 bits per heavy atom. The van der Waals surface area contributed by atoms with Crippen LogP contribution in [0.15, 0.2) is 18.2 Å². The molecule has 0 aliphatic carbocycles. The zero-order valence-electron chi connectivity index (χ0n) is 9.78. The lowest BCUT2D eigenvalue weighted by Gasteiger charge is -2.18. The predicted octanol–water partition coefficient (Wildman–Crippen LogP) is 3.09. The molecule has 0 aliphatic rings. The summed E-state index contributed by atoms with van der Waals surface area (Å²) in [6.07, 6.45) is 0.731. The van der Waals surface area contributed by atoms with Crippen molar-refractivity contribution >= 4 is 40.1 Å². The van der Waals surface area contributed by atoms with Crippen LogP contribution in [-0.2, 0) is 0 Å². The normalized spacial score (nSPS) is 12.2. The quantitative estimate of drug-likeness (QED) is 0.656. The maximum atomic E-state index is 12.0. The van der Waals surface area contributed by atoms with Gasteiger partial charge in [-0.2, -0.15) is 0 Å². The van der Waals surface area contributed by atoms with E-state index in [0.717, 1.165) is 9.99 Å². The van der Waals surface area contributed by atoms with Crippen LogP contribution in [0.25, 0.3) is 0 Å². The molecule has 1 atom stereocenters. The van der Waals surface area contributed by atoms with Gasteiger partial charge in [0.05, 0.1) is 5.56 Å². The molecular formula is C12H15ClINO2. The van der Waals surface area contributed by atoms with E-state index in [4.69, 9.17) is 11.6 Å². The number of nitrogens with zero attached hydrogens (tertiary/aromatic N) is 1. The average molecular weight is 368 g/mol. The molecule has 1 rings (SSSR count). The van der Waals surface area contributed by atoms with Gasteiger partial charge in [-0.15, -0.1) is 11.6 Å². The van der Waals surface area contributed by atoms with E-state index in [0.29, 0.717) is 12.1 Å². The first kappa shape index (κ1) is 14.6. The first-order valence-corrected chi connectivity index (χ1v) is 6.81. The van der Waals surface area contributed by atoms with Crippen molar-refractivity contribution in [2.45, 2.75) is 18.7 Å². The summed E-state index contributed by atoms with van der Waals surface area (Å²) in [5.41, 5.74) is 0.335. The van der Waals surface area contributed by atoms with E-state index in [9.17, 15) is 9.90 Å². The van der Waals surface area contributed by atoms with E-state index < -0.39 is 0 Å². The lowest BCUT2D eigenvalue weighted by molar-refractivity contribution is 0.0790. The van der Waals surface area contributed by atoms with Crippen LogP contribution < -0.4 is 0 Å². The summed E-state index contributed by atoms with van der Waals surface area (Å²) in [6.45, 7) is 2.47. The molecular weight excluding hydrogens is 352 g/mol. The molecule has 17 heavy (non-hydrogen) atoms. The molecule has 0 saturated carbocycles. The standard InChI is InChI=1S/C12H15ClINO2/c1-8(13)5-6-15(2)12(17)10-7-9(14)3-4-11(10)16/h3-4,7-8,16H,5-6H2,1-2H3. The van der Waals surface area contributed by atoms with Crippen LogP contribution in [0.2, 0.25) is 0 Å². The first-order chi connectivity index (χ1) is 7.91. The Morgan fingerprint density at radius 3 is 2.82 bits per heavy atom. The van der Waals surface area contributed by atoms with Crippen molar-refractivity contribution in [1.29, 1.82) is 0 Å². The highest BCUT2D eigenvalue weighted by Gasteiger charge is 2.16. The molecule has 3 nitrogen and oxygen atoms in total. The molecule has 0 heterocycles. The predicted molar refractivity (Wildman–Crippen MR) is 77.7 cm³/mol. The molecule has 0 aliphatic heterocycles. The molecule has 0 bridgehead atoms. The fourth-order valence-electron chi connectivity index (χ4n) is 1.36. The average Bonchev–Trinajstić information content (AvgIpc) is 2.28. The molecule has 0 aromatic heterocycles. The fraction of sp³-hybridized carbons (Fsp3) is 0.417. The van der Waals surface area contributed by atoms with Crippen LogP contribution >= 0.6 is 34.2 Å². The number of hydrogen-bond acceptors (Lipinski definition) is 2. The molecule has 5 heteroatoms. The Balaban J connectivity index is 2.78. The van der Waals surface area contributed by atoms with Gasteiger partial charge in [0.25, 0.3) is 5.91 Å². The van der Waals surface area contributed by atoms with Gasteiger partial charge < -0.3 is 10.0 Å². The SMILES string of the molecule is CC(Cl)CCN(C)C(=O)c1cc(I)ccc1O. The maximum absolute atomic E-state index is 12.0. The topological polar surface area (TPSA) is 40.5 Å². The third kappa shape index (κ3) is 4.35. The minimum absolute atomic E-state index is 0.0150. The molecule has 1 aromatic carbocycles. The Morgan fingerprint density at radius 2 is 2.24 bits per heavy atom. The van der Waals surface area contributed by atoms with Crippen molar-refractivity contribution in [3.05, 3.63) is 27.3 Å². The highest BCUT2D eigenvalue weighted by molar-refractivity contribution is 14.1. The highest BCUT2D eigenvalue weighted by atomic mass is 127. The Labute approximate surface area is 120 Å². The number of carbonyl (C=O) groups is 1. The molecule has 1 amide bonds. The second-order valence-electron chi connectivity index (χ2n) is 3.96. The van der Waals surface area contributed by atoms with Gasteiger partial charge in [0.2, 0.25) is 0 Å². The molecule has 94 valence electrons. The van der Waals surface area contributed by atoms with Crippen molar-refractivity contribution in [1.82, 2.24) is 4.90 Å². The van der Waals surface area contributed by atoms with E-state index in [2.05, 4.69) is 22.6 Å². The zero-order valence-corrected chi connectivity index (χ0v) is 12.7. The third-order valence-electron chi connectivity index (χ3n) is 2.40. The minimum Gasteiger partial charge on any atom is -0.507 e. The van der Waals surface area contributed by atoms with Gasteiger partial charge in [-0.05, 0) is 54.1 Å². The summed E-state index contributed by atoms with van der Waals surface area (Å²) in [5, 5.41) is 9.69.